The van der Waals surface area contributed by atoms with Gasteiger partial charge in [0.15, 0.2) is 0 Å². The number of ether oxygens (including phenoxy) is 1. The summed E-state index contributed by atoms with van der Waals surface area (Å²) in [6, 6.07) is 2.16. The van der Waals surface area contributed by atoms with E-state index in [0.717, 1.165) is 25.6 Å². The van der Waals surface area contributed by atoms with Crippen molar-refractivity contribution in [2.75, 3.05) is 13.2 Å². The third kappa shape index (κ3) is 2.35. The molecule has 1 saturated heterocycles. The first-order chi connectivity index (χ1) is 8.84. The van der Waals surface area contributed by atoms with Crippen molar-refractivity contribution < 1.29 is 4.74 Å². The molecule has 3 nitrogen and oxygen atoms in total. The van der Waals surface area contributed by atoms with Gasteiger partial charge in [-0.2, -0.15) is 0 Å². The Morgan fingerprint density at radius 3 is 3.22 bits per heavy atom. The third-order valence-corrected chi connectivity index (χ3v) is 4.50. The number of hydrogen-bond donors (Lipinski definition) is 0. The molecule has 3 heterocycles. The second-order valence-electron chi connectivity index (χ2n) is 4.92. The van der Waals surface area contributed by atoms with Gasteiger partial charge < -0.3 is 9.30 Å². The highest BCUT2D eigenvalue weighted by Crippen LogP contribution is 2.28. The number of imidazole rings is 1. The zero-order chi connectivity index (χ0) is 12.4. The van der Waals surface area contributed by atoms with Crippen molar-refractivity contribution in [2.24, 2.45) is 5.92 Å². The Morgan fingerprint density at radius 2 is 2.50 bits per heavy atom. The molecule has 0 aromatic carbocycles. The van der Waals surface area contributed by atoms with Crippen LogP contribution < -0.4 is 0 Å². The number of hydrogen-bond acceptors (Lipinski definition) is 3. The molecule has 0 radical (unpaired) electrons. The molecule has 2 aromatic rings. The van der Waals surface area contributed by atoms with Gasteiger partial charge in [0, 0.05) is 31.5 Å². The van der Waals surface area contributed by atoms with Gasteiger partial charge in [-0.15, -0.1) is 11.3 Å². The minimum Gasteiger partial charge on any atom is -0.381 e. The zero-order valence-corrected chi connectivity index (χ0v) is 11.4. The summed E-state index contributed by atoms with van der Waals surface area (Å²) >= 11 is 1.77. The van der Waals surface area contributed by atoms with Crippen LogP contribution in [0.5, 0.6) is 0 Å². The molecule has 3 rings (SSSR count). The van der Waals surface area contributed by atoms with E-state index < -0.39 is 0 Å². The highest BCUT2D eigenvalue weighted by molar-refractivity contribution is 7.13. The van der Waals surface area contributed by atoms with E-state index in [-0.39, 0.29) is 0 Å². The van der Waals surface area contributed by atoms with Gasteiger partial charge >= 0.3 is 0 Å². The molecule has 4 heteroatoms. The molecule has 1 aliphatic rings. The molecule has 1 atom stereocenters. The van der Waals surface area contributed by atoms with Crippen molar-refractivity contribution in [1.29, 1.82) is 0 Å². The summed E-state index contributed by atoms with van der Waals surface area (Å²) < 4.78 is 7.83. The monoisotopic (exact) mass is 262 g/mol. The molecule has 0 saturated carbocycles. The quantitative estimate of drug-likeness (QED) is 0.848. The maximum absolute atomic E-state index is 5.55. The van der Waals surface area contributed by atoms with Gasteiger partial charge in [-0.25, -0.2) is 4.98 Å². The van der Waals surface area contributed by atoms with Crippen LogP contribution in [0.3, 0.4) is 0 Å². The lowest BCUT2D eigenvalue weighted by atomic mass is 10.0. The molecule has 1 aliphatic heterocycles. The Labute approximate surface area is 111 Å². The van der Waals surface area contributed by atoms with Crippen LogP contribution in [-0.2, 0) is 11.3 Å². The Bertz CT molecular complexity index is 511. The minimum atomic E-state index is 0.631. The van der Waals surface area contributed by atoms with Crippen molar-refractivity contribution in [3.63, 3.8) is 0 Å². The molecule has 1 fully saturated rings. The zero-order valence-electron chi connectivity index (χ0n) is 10.6. The Kier molecular flexibility index (Phi) is 3.48. The van der Waals surface area contributed by atoms with Gasteiger partial charge in [0.2, 0.25) is 0 Å². The molecule has 1 unspecified atom stereocenters. The standard InChI is InChI=1S/C14H18N2OS/c1-11-4-8-18-13(11)14-15-5-6-16(14)9-12-3-2-7-17-10-12/h4-6,8,12H,2-3,7,9-10H2,1H3. The van der Waals surface area contributed by atoms with E-state index in [2.05, 4.69) is 34.1 Å². The summed E-state index contributed by atoms with van der Waals surface area (Å²) in [6.07, 6.45) is 6.44. The van der Waals surface area contributed by atoms with E-state index in [9.17, 15) is 0 Å². The van der Waals surface area contributed by atoms with Gasteiger partial charge in [-0.1, -0.05) is 0 Å². The predicted octanol–water partition coefficient (Wildman–Crippen LogP) is 3.35. The van der Waals surface area contributed by atoms with Crippen molar-refractivity contribution >= 4 is 11.3 Å². The molecular formula is C14H18N2OS. The molecule has 0 N–H and O–H groups in total. The summed E-state index contributed by atoms with van der Waals surface area (Å²) in [5.74, 6) is 1.74. The van der Waals surface area contributed by atoms with Gasteiger partial charge in [0.05, 0.1) is 11.5 Å². The molecule has 0 spiro atoms. The normalized spacial score (nSPS) is 20.2. The van der Waals surface area contributed by atoms with Crippen LogP contribution >= 0.6 is 11.3 Å². The smallest absolute Gasteiger partial charge is 0.150 e. The molecule has 2 aromatic heterocycles. The highest BCUT2D eigenvalue weighted by Gasteiger charge is 2.17. The average molecular weight is 262 g/mol. The molecular weight excluding hydrogens is 244 g/mol. The van der Waals surface area contributed by atoms with E-state index >= 15 is 0 Å². The Morgan fingerprint density at radius 1 is 1.56 bits per heavy atom. The van der Waals surface area contributed by atoms with E-state index in [1.807, 2.05) is 6.20 Å². The Balaban J connectivity index is 1.81. The second-order valence-corrected chi connectivity index (χ2v) is 5.84. The SMILES string of the molecule is Cc1ccsc1-c1nccn1CC1CCCOC1. The van der Waals surface area contributed by atoms with E-state index in [0.29, 0.717) is 5.92 Å². The molecule has 18 heavy (non-hydrogen) atoms. The predicted molar refractivity (Wildman–Crippen MR) is 73.8 cm³/mol. The van der Waals surface area contributed by atoms with Crippen LogP contribution in [0.1, 0.15) is 18.4 Å². The maximum Gasteiger partial charge on any atom is 0.150 e. The fraction of sp³-hybridized carbons (Fsp3) is 0.500. The van der Waals surface area contributed by atoms with Gasteiger partial charge in [0.25, 0.3) is 0 Å². The van der Waals surface area contributed by atoms with Gasteiger partial charge in [-0.05, 0) is 36.8 Å². The minimum absolute atomic E-state index is 0.631. The number of nitrogens with zero attached hydrogens (tertiary/aromatic N) is 2. The van der Waals surface area contributed by atoms with Crippen molar-refractivity contribution in [2.45, 2.75) is 26.3 Å². The van der Waals surface area contributed by atoms with Crippen molar-refractivity contribution in [3.8, 4) is 10.7 Å². The first-order valence-electron chi connectivity index (χ1n) is 6.48. The van der Waals surface area contributed by atoms with E-state index in [4.69, 9.17) is 4.74 Å². The largest absolute Gasteiger partial charge is 0.381 e. The summed E-state index contributed by atoms with van der Waals surface area (Å²) in [7, 11) is 0. The molecule has 0 bridgehead atoms. The van der Waals surface area contributed by atoms with Crippen LogP contribution in [0, 0.1) is 12.8 Å². The highest BCUT2D eigenvalue weighted by atomic mass is 32.1. The van der Waals surface area contributed by atoms with E-state index in [1.165, 1.54) is 23.3 Å². The van der Waals surface area contributed by atoms with Crippen LogP contribution in [0.15, 0.2) is 23.8 Å². The fourth-order valence-corrected chi connectivity index (χ4v) is 3.43. The third-order valence-electron chi connectivity index (χ3n) is 3.49. The Hall–Kier alpha value is -1.13. The summed E-state index contributed by atoms with van der Waals surface area (Å²) in [4.78, 5) is 5.81. The number of rotatable bonds is 3. The first-order valence-corrected chi connectivity index (χ1v) is 7.36. The molecule has 96 valence electrons. The number of aromatic nitrogens is 2. The van der Waals surface area contributed by atoms with Crippen molar-refractivity contribution in [1.82, 2.24) is 9.55 Å². The lowest BCUT2D eigenvalue weighted by Crippen LogP contribution is -2.22. The first kappa shape index (κ1) is 11.9. The number of aryl methyl sites for hydroxylation is 1. The summed E-state index contributed by atoms with van der Waals surface area (Å²) in [5, 5.41) is 2.13. The van der Waals surface area contributed by atoms with Crippen LogP contribution in [0.25, 0.3) is 10.7 Å². The van der Waals surface area contributed by atoms with Crippen LogP contribution in [0.4, 0.5) is 0 Å². The van der Waals surface area contributed by atoms with Crippen molar-refractivity contribution in [3.05, 3.63) is 29.4 Å². The second kappa shape index (κ2) is 5.24. The summed E-state index contributed by atoms with van der Waals surface area (Å²) in [5.41, 5.74) is 1.31. The molecule has 0 aliphatic carbocycles. The maximum atomic E-state index is 5.55. The average Bonchev–Trinajstić information content (AvgIpc) is 2.99. The van der Waals surface area contributed by atoms with Crippen LogP contribution in [0.2, 0.25) is 0 Å². The van der Waals surface area contributed by atoms with Crippen LogP contribution in [-0.4, -0.2) is 22.8 Å². The fourth-order valence-electron chi connectivity index (χ4n) is 2.50. The van der Waals surface area contributed by atoms with Gasteiger partial charge in [-0.3, -0.25) is 0 Å². The molecule has 0 amide bonds. The summed E-state index contributed by atoms with van der Waals surface area (Å²) in [6.45, 7) is 4.99. The van der Waals surface area contributed by atoms with E-state index in [1.54, 1.807) is 11.3 Å². The lowest BCUT2D eigenvalue weighted by Gasteiger charge is -2.23. The number of thiophene rings is 1. The lowest BCUT2D eigenvalue weighted by molar-refractivity contribution is 0.0485. The topological polar surface area (TPSA) is 27.1 Å². The van der Waals surface area contributed by atoms with Gasteiger partial charge in [0.1, 0.15) is 5.82 Å².